The molecule has 42 heavy (non-hydrogen) atoms. The Morgan fingerprint density at radius 1 is 0.929 bits per heavy atom. The Bertz CT molecular complexity index is 1490. The first-order valence-electron chi connectivity index (χ1n) is 12.1. The summed E-state index contributed by atoms with van der Waals surface area (Å²) >= 11 is 1.36. The largest absolute Gasteiger partial charge is 0.573 e. The number of thioether (sulfide) groups is 1. The molecule has 0 amide bonds. The lowest BCUT2D eigenvalue weighted by molar-refractivity contribution is -0.275. The minimum Gasteiger partial charge on any atom is -0.406 e. The molecule has 15 heteroatoms. The normalized spacial score (nSPS) is 17.5. The molecule has 0 spiro atoms. The van der Waals surface area contributed by atoms with Crippen LogP contribution >= 0.6 is 11.8 Å². The standard InChI is InChI=1S/C27H22F6N6O2S/c1-17-15-42-25(39(17)22-4-2-3-5-23(22)41-27(31,32)33)38-37-14-18-6-8-19(9-7-18)24(34)36-16-35-20-10-12-21(13-11-20)40-26(28,29)30/h2-14,16-17H,15H2,1H3,(H2,34,35,36)/b37-14+,38-25-. The minimum atomic E-state index is -4.83. The van der Waals surface area contributed by atoms with Crippen molar-refractivity contribution in [3.63, 3.8) is 0 Å². The monoisotopic (exact) mass is 608 g/mol. The number of nitrogens with two attached hydrogens (primary N) is 1. The van der Waals surface area contributed by atoms with Gasteiger partial charge in [-0.2, -0.15) is 5.10 Å². The summed E-state index contributed by atoms with van der Waals surface area (Å²) in [6, 6.07) is 17.4. The van der Waals surface area contributed by atoms with Crippen LogP contribution in [0.4, 0.5) is 37.7 Å². The van der Waals surface area contributed by atoms with Gasteiger partial charge in [-0.3, -0.25) is 0 Å². The van der Waals surface area contributed by atoms with E-state index in [-0.39, 0.29) is 29.1 Å². The molecule has 1 unspecified atom stereocenters. The molecule has 1 atom stereocenters. The van der Waals surface area contributed by atoms with Gasteiger partial charge >= 0.3 is 12.7 Å². The van der Waals surface area contributed by atoms with Gasteiger partial charge in [-0.05, 0) is 48.9 Å². The van der Waals surface area contributed by atoms with Crippen molar-refractivity contribution in [2.24, 2.45) is 25.9 Å². The summed E-state index contributed by atoms with van der Waals surface area (Å²) in [5, 5.41) is 8.75. The highest BCUT2D eigenvalue weighted by atomic mass is 32.2. The van der Waals surface area contributed by atoms with Crippen LogP contribution in [0.5, 0.6) is 11.5 Å². The molecule has 1 aliphatic heterocycles. The average molecular weight is 609 g/mol. The molecule has 0 radical (unpaired) electrons. The van der Waals surface area contributed by atoms with Crippen molar-refractivity contribution in [3.8, 4) is 11.5 Å². The highest BCUT2D eigenvalue weighted by molar-refractivity contribution is 8.14. The van der Waals surface area contributed by atoms with Gasteiger partial charge in [-0.25, -0.2) is 9.98 Å². The van der Waals surface area contributed by atoms with Gasteiger partial charge in [-0.15, -0.1) is 31.4 Å². The predicted octanol–water partition coefficient (Wildman–Crippen LogP) is 6.88. The van der Waals surface area contributed by atoms with Crippen LogP contribution in [0.25, 0.3) is 0 Å². The Labute approximate surface area is 240 Å². The lowest BCUT2D eigenvalue weighted by Crippen LogP contribution is -2.32. The van der Waals surface area contributed by atoms with E-state index in [0.717, 1.165) is 12.1 Å². The van der Waals surface area contributed by atoms with E-state index < -0.39 is 12.7 Å². The Hall–Kier alpha value is -4.53. The molecule has 3 aromatic rings. The van der Waals surface area contributed by atoms with Crippen LogP contribution in [-0.2, 0) is 0 Å². The molecule has 220 valence electrons. The van der Waals surface area contributed by atoms with Gasteiger partial charge in [0.1, 0.15) is 17.9 Å². The van der Waals surface area contributed by atoms with Crippen molar-refractivity contribution in [1.82, 2.24) is 0 Å². The quantitative estimate of drug-likeness (QED) is 0.130. The maximum Gasteiger partial charge on any atom is 0.573 e. The second-order valence-corrected chi connectivity index (χ2v) is 9.58. The van der Waals surface area contributed by atoms with Crippen molar-refractivity contribution in [2.45, 2.75) is 25.7 Å². The van der Waals surface area contributed by atoms with Crippen molar-refractivity contribution < 1.29 is 35.8 Å². The second-order valence-electron chi connectivity index (χ2n) is 8.60. The number of hydrogen-bond donors (Lipinski definition) is 1. The number of halogens is 6. The summed E-state index contributed by atoms with van der Waals surface area (Å²) in [6.07, 6.45) is -6.96. The molecular weight excluding hydrogens is 586 g/mol. The van der Waals surface area contributed by atoms with E-state index in [1.807, 2.05) is 6.92 Å². The van der Waals surface area contributed by atoms with Crippen LogP contribution in [-0.4, -0.2) is 48.1 Å². The summed E-state index contributed by atoms with van der Waals surface area (Å²) in [5.74, 6) is 0.0492. The zero-order valence-electron chi connectivity index (χ0n) is 21.7. The van der Waals surface area contributed by atoms with E-state index in [1.165, 1.54) is 54.6 Å². The number of nitrogens with zero attached hydrogens (tertiary/aromatic N) is 5. The van der Waals surface area contributed by atoms with Gasteiger partial charge in [-0.1, -0.05) is 48.2 Å². The van der Waals surface area contributed by atoms with Crippen molar-refractivity contribution in [2.75, 3.05) is 10.7 Å². The lowest BCUT2D eigenvalue weighted by atomic mass is 10.1. The summed E-state index contributed by atoms with van der Waals surface area (Å²) in [4.78, 5) is 9.71. The minimum absolute atomic E-state index is 0.144. The van der Waals surface area contributed by atoms with Gasteiger partial charge in [0.25, 0.3) is 0 Å². The van der Waals surface area contributed by atoms with E-state index in [2.05, 4.69) is 29.7 Å². The number of alkyl halides is 6. The van der Waals surface area contributed by atoms with Crippen LogP contribution < -0.4 is 20.1 Å². The van der Waals surface area contributed by atoms with E-state index in [9.17, 15) is 26.3 Å². The van der Waals surface area contributed by atoms with E-state index >= 15 is 0 Å². The van der Waals surface area contributed by atoms with Gasteiger partial charge in [0.15, 0.2) is 10.9 Å². The molecule has 4 rings (SSSR count). The molecule has 0 saturated carbocycles. The fourth-order valence-corrected chi connectivity index (χ4v) is 4.73. The second kappa shape index (κ2) is 13.0. The lowest BCUT2D eigenvalue weighted by Gasteiger charge is -2.25. The molecule has 0 aromatic heterocycles. The molecule has 1 aliphatic rings. The first kappa shape index (κ1) is 30.4. The number of anilines is 1. The zero-order chi connectivity index (χ0) is 30.3. The van der Waals surface area contributed by atoms with Gasteiger partial charge in [0.2, 0.25) is 0 Å². The van der Waals surface area contributed by atoms with Crippen LogP contribution in [0.2, 0.25) is 0 Å². The molecule has 0 bridgehead atoms. The third-order valence-corrected chi connectivity index (χ3v) is 6.67. The maximum absolute atomic E-state index is 12.9. The van der Waals surface area contributed by atoms with Gasteiger partial charge in [0, 0.05) is 17.4 Å². The van der Waals surface area contributed by atoms with Crippen molar-refractivity contribution >= 4 is 46.7 Å². The molecule has 1 heterocycles. The molecule has 8 nitrogen and oxygen atoms in total. The fraction of sp³-hybridized carbons (Fsp3) is 0.185. The van der Waals surface area contributed by atoms with E-state index in [0.29, 0.717) is 27.7 Å². The van der Waals surface area contributed by atoms with E-state index in [1.54, 1.807) is 35.2 Å². The maximum atomic E-state index is 12.9. The first-order valence-corrected chi connectivity index (χ1v) is 13.1. The summed E-state index contributed by atoms with van der Waals surface area (Å²) in [7, 11) is 0. The van der Waals surface area contributed by atoms with Crippen LogP contribution in [0, 0.1) is 0 Å². The van der Waals surface area contributed by atoms with Crippen LogP contribution in [0.3, 0.4) is 0 Å². The third-order valence-electron chi connectivity index (χ3n) is 5.48. The summed E-state index contributed by atoms with van der Waals surface area (Å²) in [6.45, 7) is 1.86. The van der Waals surface area contributed by atoms with Crippen molar-refractivity contribution in [3.05, 3.63) is 83.9 Å². The highest BCUT2D eigenvalue weighted by Crippen LogP contribution is 2.38. The average Bonchev–Trinajstić information content (AvgIpc) is 3.28. The molecule has 3 aromatic carbocycles. The molecule has 1 saturated heterocycles. The number of para-hydroxylation sites is 2. The number of rotatable bonds is 8. The number of ether oxygens (including phenoxy) is 2. The Morgan fingerprint density at radius 3 is 2.26 bits per heavy atom. The predicted molar refractivity (Wildman–Crippen MR) is 151 cm³/mol. The Balaban J connectivity index is 1.40. The molecule has 1 fully saturated rings. The molecule has 0 aliphatic carbocycles. The SMILES string of the molecule is CC1CS/C(=N\N=C\c2ccc(C(N)=NC=Nc3ccc(OC(F)(F)F)cc3)cc2)N1c1ccccc1OC(F)(F)F. The van der Waals surface area contributed by atoms with Gasteiger partial charge < -0.3 is 20.1 Å². The fourth-order valence-electron chi connectivity index (χ4n) is 3.66. The van der Waals surface area contributed by atoms with Crippen LogP contribution in [0.1, 0.15) is 18.1 Å². The number of aliphatic imine (C=N–C) groups is 2. The topological polar surface area (TPSA) is 97.2 Å². The van der Waals surface area contributed by atoms with Crippen LogP contribution in [0.15, 0.2) is 93.0 Å². The number of hydrogen-bond acceptors (Lipinski definition) is 6. The first-order chi connectivity index (χ1) is 19.9. The van der Waals surface area contributed by atoms with Gasteiger partial charge in [0.05, 0.1) is 17.6 Å². The van der Waals surface area contributed by atoms with Crippen molar-refractivity contribution in [1.29, 1.82) is 0 Å². The van der Waals surface area contributed by atoms with E-state index in [4.69, 9.17) is 5.73 Å². The highest BCUT2D eigenvalue weighted by Gasteiger charge is 2.36. The Morgan fingerprint density at radius 2 is 1.60 bits per heavy atom. The third kappa shape index (κ3) is 8.73. The number of amidine groups is 2. The summed E-state index contributed by atoms with van der Waals surface area (Å²) in [5.41, 5.74) is 7.82. The molecule has 2 N–H and O–H groups in total. The number of benzene rings is 3. The zero-order valence-corrected chi connectivity index (χ0v) is 22.5. The Kier molecular flexibility index (Phi) is 9.40. The molecular formula is C27H22F6N6O2S. The summed E-state index contributed by atoms with van der Waals surface area (Å²) < 4.78 is 83.5. The smallest absolute Gasteiger partial charge is 0.406 e.